The van der Waals surface area contributed by atoms with Crippen molar-refractivity contribution in [2.24, 2.45) is 35.0 Å². The third kappa shape index (κ3) is 5.09. The van der Waals surface area contributed by atoms with Crippen molar-refractivity contribution in [3.05, 3.63) is 35.5 Å². The maximum Gasteiger partial charge on any atom is 0.0583 e. The molecule has 3 saturated carbocycles. The van der Waals surface area contributed by atoms with Gasteiger partial charge in [-0.25, -0.2) is 0 Å². The molecule has 0 unspecified atom stereocenters. The number of hydrogen-bond donors (Lipinski definition) is 1. The summed E-state index contributed by atoms with van der Waals surface area (Å²) in [6.07, 6.45) is 16.7. The van der Waals surface area contributed by atoms with Gasteiger partial charge in [-0.15, -0.1) is 0 Å². The third-order valence-corrected chi connectivity index (χ3v) is 8.65. The van der Waals surface area contributed by atoms with Gasteiger partial charge in [-0.2, -0.15) is 0 Å². The van der Waals surface area contributed by atoms with Gasteiger partial charge >= 0.3 is 0 Å². The lowest BCUT2D eigenvalue weighted by Crippen LogP contribution is -2.37. The van der Waals surface area contributed by atoms with E-state index >= 15 is 0 Å². The van der Waals surface area contributed by atoms with Crippen molar-refractivity contribution in [2.75, 3.05) is 0 Å². The van der Waals surface area contributed by atoms with Gasteiger partial charge in [0.05, 0.1) is 6.10 Å². The highest BCUT2D eigenvalue weighted by Gasteiger charge is 2.53. The molecule has 1 heteroatoms. The molecule has 164 valence electrons. The lowest BCUT2D eigenvalue weighted by Gasteiger charge is -2.45. The fraction of sp³-hybridized carbons (Fsp3) is 0.786. The Hall–Kier alpha value is -0.820. The molecule has 0 saturated heterocycles. The molecule has 29 heavy (non-hydrogen) atoms. The van der Waals surface area contributed by atoms with Crippen LogP contribution in [-0.2, 0) is 0 Å². The van der Waals surface area contributed by atoms with Crippen LogP contribution in [0.2, 0.25) is 0 Å². The van der Waals surface area contributed by atoms with E-state index in [9.17, 15) is 5.11 Å². The van der Waals surface area contributed by atoms with Crippen LogP contribution in [0.4, 0.5) is 0 Å². The van der Waals surface area contributed by atoms with Crippen molar-refractivity contribution < 1.29 is 5.11 Å². The number of aliphatic hydroxyl groups is 1. The molecule has 0 aliphatic heterocycles. The first kappa shape index (κ1) is 22.9. The Morgan fingerprint density at radius 1 is 1.17 bits per heavy atom. The minimum atomic E-state index is -0.177. The van der Waals surface area contributed by atoms with Crippen molar-refractivity contribution in [1.82, 2.24) is 0 Å². The zero-order valence-electron chi connectivity index (χ0n) is 19.8. The van der Waals surface area contributed by atoms with Gasteiger partial charge in [0, 0.05) is 0 Å². The summed E-state index contributed by atoms with van der Waals surface area (Å²) < 4.78 is 0. The van der Waals surface area contributed by atoms with Crippen molar-refractivity contribution in [3.63, 3.8) is 0 Å². The first-order chi connectivity index (χ1) is 13.7. The minimum absolute atomic E-state index is 0.177. The fourth-order valence-corrected chi connectivity index (χ4v) is 7.27. The average molecular weight is 399 g/mol. The van der Waals surface area contributed by atoms with Gasteiger partial charge in [0.15, 0.2) is 0 Å². The van der Waals surface area contributed by atoms with Gasteiger partial charge in [0.1, 0.15) is 0 Å². The lowest BCUT2D eigenvalue weighted by molar-refractivity contribution is 0.0771. The number of allylic oxidation sites excluding steroid dienone is 4. The normalized spacial score (nSPS) is 39.3. The van der Waals surface area contributed by atoms with E-state index in [2.05, 4.69) is 53.3 Å². The highest BCUT2D eigenvalue weighted by molar-refractivity contribution is 5.36. The molecule has 0 heterocycles. The predicted octanol–water partition coefficient (Wildman–Crippen LogP) is 7.87. The maximum atomic E-state index is 10.1. The predicted molar refractivity (Wildman–Crippen MR) is 126 cm³/mol. The molecule has 3 rings (SSSR count). The lowest BCUT2D eigenvalue weighted by atomic mass is 9.60. The molecule has 0 spiro atoms. The Morgan fingerprint density at radius 2 is 1.93 bits per heavy atom. The van der Waals surface area contributed by atoms with Crippen LogP contribution in [0, 0.1) is 35.0 Å². The molecule has 0 aromatic heterocycles. The third-order valence-electron chi connectivity index (χ3n) is 8.65. The number of fused-ring (bicyclic) bond motifs is 1. The van der Waals surface area contributed by atoms with E-state index in [1.54, 1.807) is 5.57 Å². The molecule has 3 fully saturated rings. The standard InChI is InChI=1S/C28H46O/c1-19(2)9-7-10-21(4)27-22(5)17-26-23(11-8-16-28(26,27)6)13-14-24-18-25(29)15-12-20(24)3/h13-14,19,21-22,25-27,29H,3,7-12,15-18H2,1-2,4-6H3/b23-13+,24-14+/t21-,22+,25+,26+,27-,28+/m1/s1. The number of aliphatic hydroxyl groups excluding tert-OH is 1. The summed E-state index contributed by atoms with van der Waals surface area (Å²) in [6, 6.07) is 0. The van der Waals surface area contributed by atoms with E-state index < -0.39 is 0 Å². The molecule has 0 amide bonds. The van der Waals surface area contributed by atoms with Crippen LogP contribution in [-0.4, -0.2) is 11.2 Å². The molecular formula is C28H46O. The summed E-state index contributed by atoms with van der Waals surface area (Å²) >= 11 is 0. The van der Waals surface area contributed by atoms with Gasteiger partial charge in [0.2, 0.25) is 0 Å². The molecule has 0 aromatic rings. The zero-order chi connectivity index (χ0) is 21.2. The Bertz CT molecular complexity index is 639. The highest BCUT2D eigenvalue weighted by atomic mass is 16.3. The second-order valence-electron chi connectivity index (χ2n) is 11.4. The van der Waals surface area contributed by atoms with Gasteiger partial charge in [-0.05, 0) is 85.5 Å². The Kier molecular flexibility index (Phi) is 7.52. The molecule has 0 radical (unpaired) electrons. The fourth-order valence-electron chi connectivity index (χ4n) is 7.27. The Balaban J connectivity index is 1.75. The van der Waals surface area contributed by atoms with E-state index in [0.29, 0.717) is 5.41 Å². The molecule has 1 N–H and O–H groups in total. The molecular weight excluding hydrogens is 352 g/mol. The smallest absolute Gasteiger partial charge is 0.0583 e. The Labute approximate surface area is 180 Å². The van der Waals surface area contributed by atoms with Crippen LogP contribution in [0.1, 0.15) is 98.8 Å². The van der Waals surface area contributed by atoms with Crippen molar-refractivity contribution in [1.29, 1.82) is 0 Å². The summed E-state index contributed by atoms with van der Waals surface area (Å²) in [7, 11) is 0. The topological polar surface area (TPSA) is 20.2 Å². The minimum Gasteiger partial charge on any atom is -0.393 e. The molecule has 1 nitrogen and oxygen atoms in total. The summed E-state index contributed by atoms with van der Waals surface area (Å²) in [5.41, 5.74) is 4.68. The highest BCUT2D eigenvalue weighted by Crippen LogP contribution is 2.62. The summed E-state index contributed by atoms with van der Waals surface area (Å²) in [6.45, 7) is 16.7. The van der Waals surface area contributed by atoms with Gasteiger partial charge < -0.3 is 5.11 Å². The molecule has 0 bridgehead atoms. The number of rotatable bonds is 6. The van der Waals surface area contributed by atoms with Crippen molar-refractivity contribution in [3.8, 4) is 0 Å². The van der Waals surface area contributed by atoms with Crippen LogP contribution in [0.25, 0.3) is 0 Å². The monoisotopic (exact) mass is 398 g/mol. The SMILES string of the molecule is C=C1CC[C@H](O)C/C1=C\C=C1/CCC[C@]2(C)[C@H]([C@H](C)CCCC(C)C)[C@@H](C)C[C@@H]12. The first-order valence-corrected chi connectivity index (χ1v) is 12.5. The van der Waals surface area contributed by atoms with Crippen LogP contribution in [0.3, 0.4) is 0 Å². The summed E-state index contributed by atoms with van der Waals surface area (Å²) in [4.78, 5) is 0. The Morgan fingerprint density at radius 3 is 2.66 bits per heavy atom. The zero-order valence-corrected chi connectivity index (χ0v) is 19.8. The average Bonchev–Trinajstić information content (AvgIpc) is 2.92. The maximum absolute atomic E-state index is 10.1. The van der Waals surface area contributed by atoms with E-state index in [1.165, 1.54) is 56.1 Å². The first-order valence-electron chi connectivity index (χ1n) is 12.5. The van der Waals surface area contributed by atoms with Crippen molar-refractivity contribution >= 4 is 0 Å². The van der Waals surface area contributed by atoms with E-state index in [0.717, 1.165) is 48.9 Å². The van der Waals surface area contributed by atoms with E-state index in [-0.39, 0.29) is 6.10 Å². The van der Waals surface area contributed by atoms with Gasteiger partial charge in [-0.1, -0.05) is 83.8 Å². The van der Waals surface area contributed by atoms with E-state index in [4.69, 9.17) is 0 Å². The molecule has 3 aliphatic carbocycles. The summed E-state index contributed by atoms with van der Waals surface area (Å²) in [5.74, 6) is 4.12. The second-order valence-corrected chi connectivity index (χ2v) is 11.4. The summed E-state index contributed by atoms with van der Waals surface area (Å²) in [5, 5.41) is 10.1. The largest absolute Gasteiger partial charge is 0.393 e. The van der Waals surface area contributed by atoms with Crippen LogP contribution in [0.5, 0.6) is 0 Å². The van der Waals surface area contributed by atoms with E-state index in [1.807, 2.05) is 0 Å². The van der Waals surface area contributed by atoms with Crippen LogP contribution < -0.4 is 0 Å². The molecule has 6 atom stereocenters. The van der Waals surface area contributed by atoms with Crippen molar-refractivity contribution in [2.45, 2.75) is 105 Å². The van der Waals surface area contributed by atoms with Crippen LogP contribution in [0.15, 0.2) is 35.5 Å². The van der Waals surface area contributed by atoms with Gasteiger partial charge in [0.25, 0.3) is 0 Å². The second kappa shape index (κ2) is 9.54. The quantitative estimate of drug-likeness (QED) is 0.482. The van der Waals surface area contributed by atoms with Crippen LogP contribution >= 0.6 is 0 Å². The van der Waals surface area contributed by atoms with Gasteiger partial charge in [-0.3, -0.25) is 0 Å². The molecule has 0 aromatic carbocycles. The number of hydrogen-bond acceptors (Lipinski definition) is 1. The molecule has 3 aliphatic rings.